The van der Waals surface area contributed by atoms with Crippen molar-refractivity contribution in [1.82, 2.24) is 5.32 Å². The number of benzene rings is 1. The molecule has 1 heterocycles. The van der Waals surface area contributed by atoms with Crippen LogP contribution in [0, 0.1) is 17.6 Å². The zero-order valence-corrected chi connectivity index (χ0v) is 10.8. The van der Waals surface area contributed by atoms with E-state index in [0.29, 0.717) is 6.61 Å². The van der Waals surface area contributed by atoms with Crippen molar-refractivity contribution in [3.05, 3.63) is 35.4 Å². The molecule has 0 spiro atoms. The second-order valence-electron chi connectivity index (χ2n) is 4.67. The average Bonchev–Trinajstić information content (AvgIpc) is 2.84. The maximum atomic E-state index is 13.6. The van der Waals surface area contributed by atoms with Gasteiger partial charge in [0.2, 0.25) is 0 Å². The summed E-state index contributed by atoms with van der Waals surface area (Å²) in [7, 11) is 0. The van der Waals surface area contributed by atoms with Gasteiger partial charge in [0, 0.05) is 6.04 Å². The number of rotatable bonds is 5. The predicted octanol–water partition coefficient (Wildman–Crippen LogP) is 2.16. The second kappa shape index (κ2) is 6.21. The molecule has 2 atom stereocenters. The van der Waals surface area contributed by atoms with Gasteiger partial charge in [-0.3, -0.25) is 4.79 Å². The van der Waals surface area contributed by atoms with Crippen LogP contribution in [0.2, 0.25) is 0 Å². The molecule has 0 aliphatic carbocycles. The molecule has 19 heavy (non-hydrogen) atoms. The number of Topliss-reactive ketones (excluding diaryl/α,β-unsaturated/α-hetero) is 1. The fourth-order valence-electron chi connectivity index (χ4n) is 2.26. The van der Waals surface area contributed by atoms with Crippen molar-refractivity contribution in [2.24, 2.45) is 5.92 Å². The van der Waals surface area contributed by atoms with Crippen LogP contribution in [-0.2, 0) is 4.74 Å². The standard InChI is InChI=1S/C14H17F2NO2/c1-2-6-17-12-8-19-7-9(12)14(18)13-10(15)4-3-5-11(13)16/h3-5,9,12,17H,2,6-8H2,1H3. The molecule has 0 amide bonds. The van der Waals surface area contributed by atoms with Gasteiger partial charge >= 0.3 is 0 Å². The van der Waals surface area contributed by atoms with Crippen LogP contribution < -0.4 is 5.32 Å². The lowest BCUT2D eigenvalue weighted by molar-refractivity contribution is 0.0883. The van der Waals surface area contributed by atoms with Crippen molar-refractivity contribution < 1.29 is 18.3 Å². The molecule has 5 heteroatoms. The lowest BCUT2D eigenvalue weighted by Gasteiger charge is -2.18. The summed E-state index contributed by atoms with van der Waals surface area (Å²) in [6.45, 7) is 3.36. The lowest BCUT2D eigenvalue weighted by atomic mass is 9.92. The first-order chi connectivity index (χ1) is 9.15. The summed E-state index contributed by atoms with van der Waals surface area (Å²) in [6, 6.07) is 3.27. The summed E-state index contributed by atoms with van der Waals surface area (Å²) >= 11 is 0. The first kappa shape index (κ1) is 14.1. The van der Waals surface area contributed by atoms with Crippen LogP contribution in [0.3, 0.4) is 0 Å². The van der Waals surface area contributed by atoms with Gasteiger partial charge < -0.3 is 10.1 Å². The zero-order chi connectivity index (χ0) is 13.8. The van der Waals surface area contributed by atoms with Gasteiger partial charge in [0.15, 0.2) is 5.78 Å². The molecule has 0 aromatic heterocycles. The van der Waals surface area contributed by atoms with E-state index >= 15 is 0 Å². The second-order valence-corrected chi connectivity index (χ2v) is 4.67. The van der Waals surface area contributed by atoms with Gasteiger partial charge in [0.25, 0.3) is 0 Å². The van der Waals surface area contributed by atoms with Crippen LogP contribution in [0.5, 0.6) is 0 Å². The summed E-state index contributed by atoms with van der Waals surface area (Å²) in [6.07, 6.45) is 0.922. The monoisotopic (exact) mass is 269 g/mol. The maximum Gasteiger partial charge on any atom is 0.175 e. The Morgan fingerprint density at radius 1 is 1.37 bits per heavy atom. The highest BCUT2D eigenvalue weighted by atomic mass is 19.1. The van der Waals surface area contributed by atoms with Crippen LogP contribution >= 0.6 is 0 Å². The fourth-order valence-corrected chi connectivity index (χ4v) is 2.26. The van der Waals surface area contributed by atoms with Crippen molar-refractivity contribution in [2.45, 2.75) is 19.4 Å². The first-order valence-electron chi connectivity index (χ1n) is 6.44. The minimum Gasteiger partial charge on any atom is -0.379 e. The highest BCUT2D eigenvalue weighted by molar-refractivity contribution is 5.99. The summed E-state index contributed by atoms with van der Waals surface area (Å²) in [4.78, 5) is 12.3. The van der Waals surface area contributed by atoms with Gasteiger partial charge in [-0.05, 0) is 25.1 Å². The molecular formula is C14H17F2NO2. The smallest absolute Gasteiger partial charge is 0.175 e. The average molecular weight is 269 g/mol. The topological polar surface area (TPSA) is 38.3 Å². The normalized spacial score (nSPS) is 22.7. The first-order valence-corrected chi connectivity index (χ1v) is 6.44. The quantitative estimate of drug-likeness (QED) is 0.832. The van der Waals surface area contributed by atoms with E-state index in [1.165, 1.54) is 6.07 Å². The predicted molar refractivity (Wildman–Crippen MR) is 67.1 cm³/mol. The van der Waals surface area contributed by atoms with E-state index in [9.17, 15) is 13.6 Å². The molecule has 2 rings (SSSR count). The van der Waals surface area contributed by atoms with E-state index in [2.05, 4.69) is 5.32 Å². The molecule has 0 radical (unpaired) electrons. The van der Waals surface area contributed by atoms with Gasteiger partial charge in [-0.15, -0.1) is 0 Å². The highest BCUT2D eigenvalue weighted by Gasteiger charge is 2.36. The molecule has 1 fully saturated rings. The molecule has 3 nitrogen and oxygen atoms in total. The Hall–Kier alpha value is -1.33. The third-order valence-electron chi connectivity index (χ3n) is 3.28. The Labute approximate surface area is 111 Å². The number of carbonyl (C=O) groups excluding carboxylic acids is 1. The molecule has 0 saturated carbocycles. The van der Waals surface area contributed by atoms with Crippen molar-refractivity contribution in [2.75, 3.05) is 19.8 Å². The zero-order valence-electron chi connectivity index (χ0n) is 10.8. The third kappa shape index (κ3) is 2.98. The number of carbonyl (C=O) groups is 1. The number of ketones is 1. The van der Waals surface area contributed by atoms with Crippen molar-refractivity contribution in [1.29, 1.82) is 0 Å². The molecular weight excluding hydrogens is 252 g/mol. The molecule has 1 aromatic carbocycles. The summed E-state index contributed by atoms with van der Waals surface area (Å²) in [5.41, 5.74) is -0.457. The van der Waals surface area contributed by atoms with Crippen LogP contribution in [-0.4, -0.2) is 31.6 Å². The SMILES string of the molecule is CCCNC1COCC1C(=O)c1c(F)cccc1F. The van der Waals surface area contributed by atoms with E-state index in [4.69, 9.17) is 4.74 Å². The molecule has 1 aliphatic heterocycles. The molecule has 2 unspecified atom stereocenters. The van der Waals surface area contributed by atoms with Crippen LogP contribution in [0.4, 0.5) is 8.78 Å². The van der Waals surface area contributed by atoms with Crippen molar-refractivity contribution in [3.8, 4) is 0 Å². The fraction of sp³-hybridized carbons (Fsp3) is 0.500. The number of ether oxygens (including phenoxy) is 1. The molecule has 104 valence electrons. The number of nitrogens with one attached hydrogen (secondary N) is 1. The number of hydrogen-bond acceptors (Lipinski definition) is 3. The van der Waals surface area contributed by atoms with Crippen LogP contribution in [0.25, 0.3) is 0 Å². The van der Waals surface area contributed by atoms with E-state index in [-0.39, 0.29) is 12.6 Å². The van der Waals surface area contributed by atoms with Crippen molar-refractivity contribution >= 4 is 5.78 Å². The van der Waals surface area contributed by atoms with Gasteiger partial charge in [0.1, 0.15) is 11.6 Å². The molecule has 1 N–H and O–H groups in total. The van der Waals surface area contributed by atoms with Gasteiger partial charge in [-0.25, -0.2) is 8.78 Å². The minimum absolute atomic E-state index is 0.175. The summed E-state index contributed by atoms with van der Waals surface area (Å²) in [5, 5.41) is 3.18. The molecule has 1 aliphatic rings. The largest absolute Gasteiger partial charge is 0.379 e. The van der Waals surface area contributed by atoms with Crippen LogP contribution in [0.15, 0.2) is 18.2 Å². The van der Waals surface area contributed by atoms with E-state index < -0.39 is 28.9 Å². The van der Waals surface area contributed by atoms with Crippen LogP contribution in [0.1, 0.15) is 23.7 Å². The van der Waals surface area contributed by atoms with E-state index in [0.717, 1.165) is 25.1 Å². The highest BCUT2D eigenvalue weighted by Crippen LogP contribution is 2.23. The van der Waals surface area contributed by atoms with Crippen molar-refractivity contribution in [3.63, 3.8) is 0 Å². The maximum absolute atomic E-state index is 13.6. The third-order valence-corrected chi connectivity index (χ3v) is 3.28. The summed E-state index contributed by atoms with van der Waals surface area (Å²) in [5.74, 6) is -2.68. The Morgan fingerprint density at radius 3 is 2.68 bits per heavy atom. The Kier molecular flexibility index (Phi) is 4.61. The lowest BCUT2D eigenvalue weighted by Crippen LogP contribution is -2.40. The Balaban J connectivity index is 2.18. The van der Waals surface area contributed by atoms with Gasteiger partial charge in [-0.1, -0.05) is 13.0 Å². The molecule has 1 aromatic rings. The Bertz CT molecular complexity index is 445. The van der Waals surface area contributed by atoms with E-state index in [1.54, 1.807) is 0 Å². The summed E-state index contributed by atoms with van der Waals surface area (Å²) < 4.78 is 32.5. The van der Waals surface area contributed by atoms with Gasteiger partial charge in [0.05, 0.1) is 24.7 Å². The molecule has 1 saturated heterocycles. The Morgan fingerprint density at radius 2 is 2.05 bits per heavy atom. The number of hydrogen-bond donors (Lipinski definition) is 1. The molecule has 0 bridgehead atoms. The number of halogens is 2. The minimum atomic E-state index is -0.814. The van der Waals surface area contributed by atoms with E-state index in [1.807, 2.05) is 6.92 Å². The van der Waals surface area contributed by atoms with Gasteiger partial charge in [-0.2, -0.15) is 0 Å².